The molecule has 5 N–H and O–H groups in total. The van der Waals surface area contributed by atoms with Crippen LogP contribution in [0, 0.1) is 5.92 Å². The minimum absolute atomic E-state index is 0.121. The van der Waals surface area contributed by atoms with Crippen molar-refractivity contribution in [3.8, 4) is 5.75 Å². The molecule has 1 aliphatic carbocycles. The summed E-state index contributed by atoms with van der Waals surface area (Å²) >= 11 is 0. The summed E-state index contributed by atoms with van der Waals surface area (Å²) in [7, 11) is 1.51. The van der Waals surface area contributed by atoms with Crippen LogP contribution in [-0.2, 0) is 20.9 Å². The minimum Gasteiger partial charge on any atom is -0.496 e. The van der Waals surface area contributed by atoms with E-state index >= 15 is 0 Å². The van der Waals surface area contributed by atoms with Crippen molar-refractivity contribution in [2.24, 2.45) is 5.92 Å². The molecule has 1 aromatic heterocycles. The lowest BCUT2D eigenvalue weighted by Gasteiger charge is -2.25. The first-order valence-electron chi connectivity index (χ1n) is 13.5. The van der Waals surface area contributed by atoms with E-state index in [4.69, 9.17) is 4.74 Å². The average molecular weight is 561 g/mol. The predicted molar refractivity (Wildman–Crippen MR) is 149 cm³/mol. The first-order chi connectivity index (χ1) is 19.9. The zero-order valence-electron chi connectivity index (χ0n) is 22.6. The summed E-state index contributed by atoms with van der Waals surface area (Å²) < 4.78 is 5.42. The van der Waals surface area contributed by atoms with Gasteiger partial charge >= 0.3 is 6.03 Å². The topological polar surface area (TPSA) is 162 Å². The van der Waals surface area contributed by atoms with Crippen molar-refractivity contribution >= 4 is 40.4 Å². The molecule has 214 valence electrons. The number of benzene rings is 2. The Morgan fingerprint density at radius 2 is 1.83 bits per heavy atom. The molecule has 5 amide bonds. The van der Waals surface area contributed by atoms with E-state index in [9.17, 15) is 24.0 Å². The van der Waals surface area contributed by atoms with E-state index in [1.165, 1.54) is 12.0 Å². The number of H-pyrrole nitrogens is 1. The molecule has 2 aromatic carbocycles. The number of ether oxygens (including phenoxy) is 1. The molecule has 12 nitrogen and oxygen atoms in total. The van der Waals surface area contributed by atoms with Gasteiger partial charge in [0.05, 0.1) is 24.6 Å². The zero-order chi connectivity index (χ0) is 28.9. The highest BCUT2D eigenvalue weighted by Crippen LogP contribution is 2.34. The number of nitrogens with one attached hydrogen (secondary N) is 5. The molecule has 0 radical (unpaired) electrons. The molecule has 2 unspecified atom stereocenters. The van der Waals surface area contributed by atoms with Crippen molar-refractivity contribution in [2.45, 2.75) is 31.5 Å². The third-order valence-electron chi connectivity index (χ3n) is 7.30. The van der Waals surface area contributed by atoms with E-state index in [-0.39, 0.29) is 25.0 Å². The molecule has 2 fully saturated rings. The van der Waals surface area contributed by atoms with Gasteiger partial charge < -0.3 is 35.9 Å². The second-order valence-electron chi connectivity index (χ2n) is 10.1. The van der Waals surface area contributed by atoms with Crippen molar-refractivity contribution < 1.29 is 28.7 Å². The van der Waals surface area contributed by atoms with Gasteiger partial charge in [-0.15, -0.1) is 0 Å². The number of hydrogen-bond acceptors (Lipinski definition) is 6. The molecule has 41 heavy (non-hydrogen) atoms. The second-order valence-corrected chi connectivity index (χ2v) is 10.1. The van der Waals surface area contributed by atoms with Crippen LogP contribution in [0.3, 0.4) is 0 Å². The number of nitrogens with zero attached hydrogens (tertiary/aromatic N) is 1. The molecule has 2 atom stereocenters. The number of carbonyl (C=O) groups excluding carboxylic acids is 5. The minimum atomic E-state index is -1.30. The summed E-state index contributed by atoms with van der Waals surface area (Å²) in [6, 6.07) is 11.8. The van der Waals surface area contributed by atoms with Crippen LogP contribution in [0.25, 0.3) is 10.9 Å². The van der Waals surface area contributed by atoms with Crippen LogP contribution in [-0.4, -0.2) is 78.2 Å². The van der Waals surface area contributed by atoms with Crippen LogP contribution in [0.15, 0.2) is 54.7 Å². The standard InChI is InChI=1S/C29H32N6O6/c1-41-22-9-5-8-20-23(22)19(15-31-20)26(37)34-24(18-10-11-18)27(38)33-21(16-35-13-12-30-29(35)40)25(36)28(39)32-14-17-6-3-2-4-7-17/h2-9,15,18,21,24,31H,10-14,16H2,1H3,(H,30,40)(H,32,39)(H,33,38)(H,34,37). The second kappa shape index (κ2) is 12.1. The van der Waals surface area contributed by atoms with E-state index in [0.29, 0.717) is 35.3 Å². The maximum Gasteiger partial charge on any atom is 0.317 e. The average Bonchev–Trinajstić information content (AvgIpc) is 3.61. The highest BCUT2D eigenvalue weighted by molar-refractivity contribution is 6.38. The predicted octanol–water partition coefficient (Wildman–Crippen LogP) is 1.08. The summed E-state index contributed by atoms with van der Waals surface area (Å²) in [4.78, 5) is 69.5. The van der Waals surface area contributed by atoms with Gasteiger partial charge in [-0.05, 0) is 36.5 Å². The number of amides is 5. The highest BCUT2D eigenvalue weighted by atomic mass is 16.5. The third kappa shape index (κ3) is 6.32. The number of methoxy groups -OCH3 is 1. The summed E-state index contributed by atoms with van der Waals surface area (Å²) in [5.74, 6) is -2.44. The zero-order valence-corrected chi connectivity index (χ0v) is 22.6. The van der Waals surface area contributed by atoms with E-state index < -0.39 is 35.6 Å². The Labute approximate surface area is 236 Å². The van der Waals surface area contributed by atoms with Gasteiger partial charge in [-0.1, -0.05) is 36.4 Å². The summed E-state index contributed by atoms with van der Waals surface area (Å²) in [6.07, 6.45) is 3.00. The molecule has 1 saturated carbocycles. The van der Waals surface area contributed by atoms with Crippen LogP contribution in [0.4, 0.5) is 4.79 Å². The molecular weight excluding hydrogens is 528 g/mol. The Hall–Kier alpha value is -4.87. The van der Waals surface area contributed by atoms with Crippen LogP contribution < -0.4 is 26.0 Å². The number of aromatic amines is 1. The number of aromatic nitrogens is 1. The fourth-order valence-corrected chi connectivity index (χ4v) is 4.93. The van der Waals surface area contributed by atoms with Crippen LogP contribution >= 0.6 is 0 Å². The highest BCUT2D eigenvalue weighted by Gasteiger charge is 2.40. The smallest absolute Gasteiger partial charge is 0.317 e. The number of carbonyl (C=O) groups is 5. The molecule has 1 saturated heterocycles. The maximum atomic E-state index is 13.5. The van der Waals surface area contributed by atoms with Gasteiger partial charge in [0.15, 0.2) is 0 Å². The van der Waals surface area contributed by atoms with Crippen LogP contribution in [0.1, 0.15) is 28.8 Å². The number of Topliss-reactive ketones (excluding diaryl/α,β-unsaturated/α-hetero) is 1. The Kier molecular flexibility index (Phi) is 8.18. The third-order valence-corrected chi connectivity index (χ3v) is 7.30. The number of urea groups is 1. The van der Waals surface area contributed by atoms with E-state index in [1.807, 2.05) is 36.4 Å². The SMILES string of the molecule is COc1cccc2[nH]cc(C(=O)NC(C(=O)NC(CN3CCNC3=O)C(=O)C(=O)NCc3ccccc3)C3CC3)c12. The van der Waals surface area contributed by atoms with E-state index in [0.717, 1.165) is 18.4 Å². The van der Waals surface area contributed by atoms with Gasteiger partial charge in [0.1, 0.15) is 17.8 Å². The molecule has 2 aliphatic rings. The number of rotatable bonds is 12. The lowest BCUT2D eigenvalue weighted by atomic mass is 10.1. The molecule has 1 aliphatic heterocycles. The van der Waals surface area contributed by atoms with Crippen LogP contribution in [0.2, 0.25) is 0 Å². The van der Waals surface area contributed by atoms with Crippen molar-refractivity contribution in [3.05, 3.63) is 65.9 Å². The quantitative estimate of drug-likeness (QED) is 0.208. The number of ketones is 1. The van der Waals surface area contributed by atoms with Crippen molar-refractivity contribution in [1.29, 1.82) is 0 Å². The Morgan fingerprint density at radius 1 is 1.05 bits per heavy atom. The van der Waals surface area contributed by atoms with Gasteiger partial charge in [0.25, 0.3) is 11.8 Å². The van der Waals surface area contributed by atoms with E-state index in [2.05, 4.69) is 26.3 Å². The maximum absolute atomic E-state index is 13.5. The number of fused-ring (bicyclic) bond motifs is 1. The summed E-state index contributed by atoms with van der Waals surface area (Å²) in [6.45, 7) is 0.670. The first-order valence-corrected chi connectivity index (χ1v) is 13.5. The lowest BCUT2D eigenvalue weighted by Crippen LogP contribution is -2.57. The number of hydrogen-bond donors (Lipinski definition) is 5. The molecular formula is C29H32N6O6. The Morgan fingerprint density at radius 3 is 2.51 bits per heavy atom. The fourth-order valence-electron chi connectivity index (χ4n) is 4.93. The van der Waals surface area contributed by atoms with Gasteiger partial charge in [-0.3, -0.25) is 19.2 Å². The fraction of sp³-hybridized carbons (Fsp3) is 0.345. The normalized spacial score (nSPS) is 16.0. The molecule has 2 heterocycles. The Balaban J connectivity index is 1.31. The summed E-state index contributed by atoms with van der Waals surface area (Å²) in [5, 5.41) is 11.3. The van der Waals surface area contributed by atoms with Crippen molar-refractivity contribution in [1.82, 2.24) is 31.2 Å². The van der Waals surface area contributed by atoms with E-state index in [1.54, 1.807) is 18.3 Å². The first kappa shape index (κ1) is 27.7. The molecule has 0 spiro atoms. The summed E-state index contributed by atoms with van der Waals surface area (Å²) in [5.41, 5.74) is 1.83. The molecule has 5 rings (SSSR count). The monoisotopic (exact) mass is 560 g/mol. The Bertz CT molecular complexity index is 1470. The van der Waals surface area contributed by atoms with Crippen LogP contribution in [0.5, 0.6) is 5.75 Å². The molecule has 12 heteroatoms. The van der Waals surface area contributed by atoms with Gasteiger partial charge in [0, 0.05) is 31.3 Å². The molecule has 3 aromatic rings. The van der Waals surface area contributed by atoms with Crippen molar-refractivity contribution in [2.75, 3.05) is 26.7 Å². The largest absolute Gasteiger partial charge is 0.496 e. The lowest BCUT2D eigenvalue weighted by molar-refractivity contribution is -0.140. The molecule has 0 bridgehead atoms. The van der Waals surface area contributed by atoms with Crippen molar-refractivity contribution in [3.63, 3.8) is 0 Å². The van der Waals surface area contributed by atoms with Gasteiger partial charge in [0.2, 0.25) is 11.7 Å². The van der Waals surface area contributed by atoms with Gasteiger partial charge in [-0.2, -0.15) is 0 Å². The van der Waals surface area contributed by atoms with Gasteiger partial charge in [-0.25, -0.2) is 4.79 Å².